The summed E-state index contributed by atoms with van der Waals surface area (Å²) in [7, 11) is -0.436. The molecule has 0 unspecified atom stereocenters. The van der Waals surface area contributed by atoms with E-state index in [4.69, 9.17) is 0 Å². The van der Waals surface area contributed by atoms with Gasteiger partial charge in [0.2, 0.25) is 5.95 Å². The van der Waals surface area contributed by atoms with Crippen LogP contribution in [0, 0.1) is 13.8 Å². The van der Waals surface area contributed by atoms with Crippen LogP contribution in [-0.2, 0) is 10.2 Å². The van der Waals surface area contributed by atoms with Crippen molar-refractivity contribution in [2.45, 2.75) is 13.8 Å². The van der Waals surface area contributed by atoms with Crippen LogP contribution in [0.4, 0.5) is 11.6 Å². The van der Waals surface area contributed by atoms with Gasteiger partial charge >= 0.3 is 0 Å². The van der Waals surface area contributed by atoms with Gasteiger partial charge in [-0.05, 0) is 44.2 Å². The molecule has 1 aromatic carbocycles. The molecule has 156 valence electrons. The molecule has 1 aliphatic heterocycles. The van der Waals surface area contributed by atoms with Crippen molar-refractivity contribution in [3.63, 3.8) is 0 Å². The van der Waals surface area contributed by atoms with Gasteiger partial charge < -0.3 is 10.2 Å². The maximum Gasteiger partial charge on any atom is 0.281 e. The molecule has 2 heterocycles. The minimum absolute atomic E-state index is 0.110. The van der Waals surface area contributed by atoms with Crippen LogP contribution in [-0.4, -0.2) is 78.1 Å². The SMILES string of the molecule is Cc1cc(C)nc(Nc2ccc(C(=O)N3CCN(S(=O)(=O)N(C)C)CC3)cc2)n1. The van der Waals surface area contributed by atoms with Crippen LogP contribution in [0.1, 0.15) is 21.7 Å². The molecule has 1 saturated heterocycles. The van der Waals surface area contributed by atoms with Crippen molar-refractivity contribution in [1.29, 1.82) is 0 Å². The van der Waals surface area contributed by atoms with E-state index in [0.717, 1.165) is 17.1 Å². The summed E-state index contributed by atoms with van der Waals surface area (Å²) >= 11 is 0. The fourth-order valence-electron chi connectivity index (χ4n) is 3.14. The van der Waals surface area contributed by atoms with E-state index in [1.807, 2.05) is 19.9 Å². The second-order valence-electron chi connectivity index (χ2n) is 7.16. The summed E-state index contributed by atoms with van der Waals surface area (Å²) in [5.41, 5.74) is 3.10. The molecule has 2 aromatic rings. The van der Waals surface area contributed by atoms with Gasteiger partial charge in [0.1, 0.15) is 0 Å². The fourth-order valence-corrected chi connectivity index (χ4v) is 4.23. The highest BCUT2D eigenvalue weighted by atomic mass is 32.2. The normalized spacial score (nSPS) is 15.6. The van der Waals surface area contributed by atoms with Crippen LogP contribution in [0.25, 0.3) is 0 Å². The van der Waals surface area contributed by atoms with Crippen LogP contribution in [0.5, 0.6) is 0 Å². The predicted octanol–water partition coefficient (Wildman–Crippen LogP) is 1.40. The Morgan fingerprint density at radius 1 is 1.00 bits per heavy atom. The molecule has 0 atom stereocenters. The summed E-state index contributed by atoms with van der Waals surface area (Å²) in [5, 5.41) is 3.14. The Balaban J connectivity index is 1.62. The molecule has 1 fully saturated rings. The first-order valence-corrected chi connectivity index (χ1v) is 10.7. The molecule has 0 spiro atoms. The fraction of sp³-hybridized carbons (Fsp3) is 0.421. The van der Waals surface area contributed by atoms with Crippen LogP contribution in [0.15, 0.2) is 30.3 Å². The number of aryl methyl sites for hydroxylation is 2. The minimum Gasteiger partial charge on any atom is -0.336 e. The van der Waals surface area contributed by atoms with Gasteiger partial charge in [-0.25, -0.2) is 9.97 Å². The zero-order valence-corrected chi connectivity index (χ0v) is 17.9. The molecule has 0 radical (unpaired) electrons. The van der Waals surface area contributed by atoms with Crippen molar-refractivity contribution in [2.75, 3.05) is 45.6 Å². The number of amides is 1. The Labute approximate surface area is 171 Å². The van der Waals surface area contributed by atoms with E-state index in [9.17, 15) is 13.2 Å². The van der Waals surface area contributed by atoms with Crippen molar-refractivity contribution in [2.24, 2.45) is 0 Å². The van der Waals surface area contributed by atoms with E-state index < -0.39 is 10.2 Å². The third-order valence-corrected chi connectivity index (χ3v) is 6.62. The summed E-state index contributed by atoms with van der Waals surface area (Å²) in [5.74, 6) is 0.404. The van der Waals surface area contributed by atoms with Gasteiger partial charge in [0.15, 0.2) is 0 Å². The molecule has 1 aromatic heterocycles. The standard InChI is InChI=1S/C19H26N6O3S/c1-14-13-15(2)21-19(20-14)22-17-7-5-16(6-8-17)18(26)24-9-11-25(12-10-24)29(27,28)23(3)4/h5-8,13H,9-12H2,1-4H3,(H,20,21,22). The number of carbonyl (C=O) groups is 1. The van der Waals surface area contributed by atoms with E-state index in [1.54, 1.807) is 29.2 Å². The highest BCUT2D eigenvalue weighted by molar-refractivity contribution is 7.86. The highest BCUT2D eigenvalue weighted by Crippen LogP contribution is 2.17. The number of hydrogen-bond donors (Lipinski definition) is 1. The lowest BCUT2D eigenvalue weighted by molar-refractivity contribution is 0.0695. The van der Waals surface area contributed by atoms with Crippen LogP contribution < -0.4 is 5.32 Å². The number of benzene rings is 1. The summed E-state index contributed by atoms with van der Waals surface area (Å²) in [4.78, 5) is 23.1. The number of rotatable bonds is 5. The van der Waals surface area contributed by atoms with Crippen molar-refractivity contribution in [3.05, 3.63) is 47.3 Å². The second kappa shape index (κ2) is 8.44. The molecular weight excluding hydrogens is 392 g/mol. The van der Waals surface area contributed by atoms with Gasteiger partial charge in [0.05, 0.1) is 0 Å². The van der Waals surface area contributed by atoms with E-state index in [2.05, 4.69) is 15.3 Å². The monoisotopic (exact) mass is 418 g/mol. The van der Waals surface area contributed by atoms with Crippen molar-refractivity contribution in [3.8, 4) is 0 Å². The number of nitrogens with zero attached hydrogens (tertiary/aromatic N) is 5. The van der Waals surface area contributed by atoms with E-state index >= 15 is 0 Å². The number of nitrogens with one attached hydrogen (secondary N) is 1. The molecule has 9 nitrogen and oxygen atoms in total. The largest absolute Gasteiger partial charge is 0.336 e. The predicted molar refractivity (Wildman–Crippen MR) is 111 cm³/mol. The molecule has 1 N–H and O–H groups in total. The Morgan fingerprint density at radius 2 is 1.55 bits per heavy atom. The molecule has 10 heteroatoms. The molecule has 0 saturated carbocycles. The molecule has 3 rings (SSSR count). The van der Waals surface area contributed by atoms with Gasteiger partial charge in [-0.3, -0.25) is 4.79 Å². The van der Waals surface area contributed by atoms with Gasteiger partial charge in [-0.2, -0.15) is 17.0 Å². The van der Waals surface area contributed by atoms with E-state index in [0.29, 0.717) is 24.6 Å². The zero-order valence-electron chi connectivity index (χ0n) is 17.1. The van der Waals surface area contributed by atoms with Gasteiger partial charge in [0, 0.05) is 62.9 Å². The Hall–Kier alpha value is -2.56. The number of carbonyl (C=O) groups excluding carboxylic acids is 1. The number of aromatic nitrogens is 2. The lowest BCUT2D eigenvalue weighted by Gasteiger charge is -2.35. The zero-order chi connectivity index (χ0) is 21.2. The molecule has 0 bridgehead atoms. The Bertz CT molecular complexity index is 963. The van der Waals surface area contributed by atoms with Crippen molar-refractivity contribution < 1.29 is 13.2 Å². The lowest BCUT2D eigenvalue weighted by atomic mass is 10.1. The quantitative estimate of drug-likeness (QED) is 0.788. The van der Waals surface area contributed by atoms with Crippen LogP contribution >= 0.6 is 0 Å². The van der Waals surface area contributed by atoms with Crippen LogP contribution in [0.3, 0.4) is 0 Å². The smallest absolute Gasteiger partial charge is 0.281 e. The third-order valence-electron chi connectivity index (χ3n) is 4.68. The first-order valence-electron chi connectivity index (χ1n) is 9.33. The summed E-state index contributed by atoms with van der Waals surface area (Å²) in [6, 6.07) is 9.00. The van der Waals surface area contributed by atoms with E-state index in [-0.39, 0.29) is 19.0 Å². The lowest BCUT2D eigenvalue weighted by Crippen LogP contribution is -2.53. The number of anilines is 2. The first kappa shape index (κ1) is 21.2. The number of piperazine rings is 1. The highest BCUT2D eigenvalue weighted by Gasteiger charge is 2.30. The van der Waals surface area contributed by atoms with Crippen LogP contribution in [0.2, 0.25) is 0 Å². The van der Waals surface area contributed by atoms with Crippen molar-refractivity contribution >= 4 is 27.8 Å². The molecular formula is C19H26N6O3S. The maximum atomic E-state index is 12.8. The maximum absolute atomic E-state index is 12.8. The third kappa shape index (κ3) is 4.89. The van der Waals surface area contributed by atoms with Gasteiger partial charge in [-0.1, -0.05) is 0 Å². The minimum atomic E-state index is -3.45. The Kier molecular flexibility index (Phi) is 6.15. The first-order chi connectivity index (χ1) is 13.7. The van der Waals surface area contributed by atoms with Gasteiger partial charge in [-0.15, -0.1) is 0 Å². The number of hydrogen-bond acceptors (Lipinski definition) is 6. The topological polar surface area (TPSA) is 98.7 Å². The van der Waals surface area contributed by atoms with Gasteiger partial charge in [0.25, 0.3) is 16.1 Å². The molecule has 29 heavy (non-hydrogen) atoms. The van der Waals surface area contributed by atoms with E-state index in [1.165, 1.54) is 22.7 Å². The summed E-state index contributed by atoms with van der Waals surface area (Å²) in [6.07, 6.45) is 0. The molecule has 1 amide bonds. The average molecular weight is 419 g/mol. The molecule has 0 aliphatic carbocycles. The summed E-state index contributed by atoms with van der Waals surface area (Å²) in [6.45, 7) is 5.12. The molecule has 1 aliphatic rings. The average Bonchev–Trinajstić information content (AvgIpc) is 2.67. The Morgan fingerprint density at radius 3 is 2.07 bits per heavy atom. The second-order valence-corrected chi connectivity index (χ2v) is 9.30. The van der Waals surface area contributed by atoms with Crippen molar-refractivity contribution in [1.82, 2.24) is 23.5 Å². The summed E-state index contributed by atoms with van der Waals surface area (Å²) < 4.78 is 27.0.